The second-order valence-electron chi connectivity index (χ2n) is 6.10. The van der Waals surface area contributed by atoms with E-state index in [2.05, 4.69) is 0 Å². The van der Waals surface area contributed by atoms with Gasteiger partial charge in [-0.2, -0.15) is 0 Å². The molecule has 3 rings (SSSR count). The molecular weight excluding hydrogens is 360 g/mol. The van der Waals surface area contributed by atoms with E-state index >= 15 is 0 Å². The van der Waals surface area contributed by atoms with Crippen molar-refractivity contribution in [2.75, 3.05) is 6.26 Å². The maximum absolute atomic E-state index is 12.3. The van der Waals surface area contributed by atoms with Gasteiger partial charge in [-0.1, -0.05) is 35.9 Å². The monoisotopic (exact) mass is 376 g/mol. The number of hydrogen-bond acceptors (Lipinski definition) is 4. The van der Waals surface area contributed by atoms with Crippen molar-refractivity contribution in [3.05, 3.63) is 76.5 Å². The van der Waals surface area contributed by atoms with Crippen molar-refractivity contribution in [1.29, 1.82) is 0 Å². The summed E-state index contributed by atoms with van der Waals surface area (Å²) in [5.41, 5.74) is 1.69. The molecule has 0 bridgehead atoms. The lowest BCUT2D eigenvalue weighted by atomic mass is 9.81. The standard InChI is InChI=1S/C19H17ClO4S/c1-12-10-17(19(21)24-12)18(14-4-3-5-15(20)11-14)13-6-8-16(9-7-13)25(2,22)23/h3-11,17-18H,1-2H3. The zero-order valence-electron chi connectivity index (χ0n) is 13.8. The Hall–Kier alpha value is -2.11. The van der Waals surface area contributed by atoms with E-state index in [4.69, 9.17) is 16.3 Å². The Balaban J connectivity index is 2.10. The van der Waals surface area contributed by atoms with Crippen LogP contribution in [0.1, 0.15) is 24.0 Å². The fourth-order valence-corrected chi connectivity index (χ4v) is 3.87. The zero-order chi connectivity index (χ0) is 18.2. The summed E-state index contributed by atoms with van der Waals surface area (Å²) in [6.45, 7) is 1.74. The maximum Gasteiger partial charge on any atom is 0.318 e. The summed E-state index contributed by atoms with van der Waals surface area (Å²) >= 11 is 6.12. The summed E-state index contributed by atoms with van der Waals surface area (Å²) in [5.74, 6) is -0.552. The first-order chi connectivity index (χ1) is 11.8. The molecule has 0 amide bonds. The number of hydrogen-bond donors (Lipinski definition) is 0. The number of allylic oxidation sites excluding steroid dienone is 1. The van der Waals surface area contributed by atoms with E-state index in [-0.39, 0.29) is 16.8 Å². The molecule has 4 nitrogen and oxygen atoms in total. The van der Waals surface area contributed by atoms with Crippen LogP contribution in [0.5, 0.6) is 0 Å². The Labute approximate surface area is 152 Å². The van der Waals surface area contributed by atoms with E-state index in [1.807, 2.05) is 18.2 Å². The highest BCUT2D eigenvalue weighted by Crippen LogP contribution is 2.38. The lowest BCUT2D eigenvalue weighted by Gasteiger charge is -2.21. The second-order valence-corrected chi connectivity index (χ2v) is 8.55. The molecule has 2 unspecified atom stereocenters. The van der Waals surface area contributed by atoms with Gasteiger partial charge in [0.2, 0.25) is 0 Å². The average molecular weight is 377 g/mol. The van der Waals surface area contributed by atoms with Gasteiger partial charge >= 0.3 is 5.97 Å². The predicted octanol–water partition coefficient (Wildman–Crippen LogP) is 3.95. The summed E-state index contributed by atoms with van der Waals surface area (Å²) in [6, 6.07) is 13.9. The number of benzene rings is 2. The lowest BCUT2D eigenvalue weighted by Crippen LogP contribution is -2.19. The van der Waals surface area contributed by atoms with Crippen molar-refractivity contribution in [3.63, 3.8) is 0 Å². The SMILES string of the molecule is CC1=CC(C(c2ccc(S(C)(=O)=O)cc2)c2cccc(Cl)c2)C(=O)O1. The normalized spacial score (nSPS) is 18.6. The highest BCUT2D eigenvalue weighted by Gasteiger charge is 2.35. The topological polar surface area (TPSA) is 60.4 Å². The third-order valence-electron chi connectivity index (χ3n) is 4.18. The van der Waals surface area contributed by atoms with Crippen LogP contribution in [0.15, 0.2) is 65.3 Å². The molecule has 0 saturated heterocycles. The lowest BCUT2D eigenvalue weighted by molar-refractivity contribution is -0.140. The van der Waals surface area contributed by atoms with E-state index in [0.717, 1.165) is 17.4 Å². The van der Waals surface area contributed by atoms with Crippen molar-refractivity contribution in [2.24, 2.45) is 5.92 Å². The van der Waals surface area contributed by atoms with E-state index in [1.165, 1.54) is 0 Å². The first-order valence-corrected chi connectivity index (χ1v) is 9.98. The summed E-state index contributed by atoms with van der Waals surface area (Å²) in [7, 11) is -3.28. The number of carbonyl (C=O) groups is 1. The highest BCUT2D eigenvalue weighted by atomic mass is 35.5. The molecule has 2 aromatic rings. The third kappa shape index (κ3) is 3.78. The molecule has 0 aliphatic carbocycles. The smallest absolute Gasteiger partial charge is 0.318 e. The van der Waals surface area contributed by atoms with Gasteiger partial charge in [0.25, 0.3) is 0 Å². The van der Waals surface area contributed by atoms with Crippen LogP contribution in [0.4, 0.5) is 0 Å². The molecule has 0 saturated carbocycles. The van der Waals surface area contributed by atoms with E-state index in [9.17, 15) is 13.2 Å². The molecule has 0 fully saturated rings. The van der Waals surface area contributed by atoms with E-state index < -0.39 is 15.8 Å². The number of carbonyl (C=O) groups excluding carboxylic acids is 1. The van der Waals surface area contributed by atoms with Crippen molar-refractivity contribution < 1.29 is 17.9 Å². The van der Waals surface area contributed by atoms with Crippen LogP contribution in [0.2, 0.25) is 5.02 Å². The van der Waals surface area contributed by atoms with Gasteiger partial charge in [-0.05, 0) is 48.4 Å². The number of esters is 1. The minimum Gasteiger partial charge on any atom is -0.431 e. The summed E-state index contributed by atoms with van der Waals surface area (Å²) in [5, 5.41) is 0.572. The molecule has 130 valence electrons. The van der Waals surface area contributed by atoms with Gasteiger partial charge in [0.05, 0.1) is 10.8 Å². The zero-order valence-corrected chi connectivity index (χ0v) is 15.3. The van der Waals surface area contributed by atoms with Crippen LogP contribution in [-0.2, 0) is 19.4 Å². The molecule has 25 heavy (non-hydrogen) atoms. The fraction of sp³-hybridized carbons (Fsp3) is 0.211. The van der Waals surface area contributed by atoms with Gasteiger partial charge in [0, 0.05) is 17.2 Å². The number of cyclic esters (lactones) is 1. The first-order valence-electron chi connectivity index (χ1n) is 7.71. The van der Waals surface area contributed by atoms with Crippen molar-refractivity contribution >= 4 is 27.4 Å². The van der Waals surface area contributed by atoms with Crippen LogP contribution >= 0.6 is 11.6 Å². The largest absolute Gasteiger partial charge is 0.431 e. The van der Waals surface area contributed by atoms with E-state index in [1.54, 1.807) is 43.3 Å². The third-order valence-corrected chi connectivity index (χ3v) is 5.55. The molecule has 1 aliphatic heterocycles. The molecular formula is C19H17ClO4S. The molecule has 0 N–H and O–H groups in total. The quantitative estimate of drug-likeness (QED) is 0.758. The fourth-order valence-electron chi connectivity index (χ4n) is 3.04. The minimum atomic E-state index is -3.28. The number of ether oxygens (including phenoxy) is 1. The molecule has 6 heteroatoms. The van der Waals surface area contributed by atoms with Crippen LogP contribution in [0, 0.1) is 5.92 Å². The molecule has 0 spiro atoms. The number of halogens is 1. The summed E-state index contributed by atoms with van der Waals surface area (Å²) < 4.78 is 28.6. The van der Waals surface area contributed by atoms with Gasteiger partial charge in [0.15, 0.2) is 9.84 Å². The molecule has 0 aromatic heterocycles. The summed E-state index contributed by atoms with van der Waals surface area (Å²) in [6.07, 6.45) is 2.95. The second kappa shape index (κ2) is 6.65. The van der Waals surface area contributed by atoms with Gasteiger partial charge in [-0.25, -0.2) is 8.42 Å². The number of sulfone groups is 1. The van der Waals surface area contributed by atoms with Crippen LogP contribution in [0.3, 0.4) is 0 Å². The number of rotatable bonds is 4. The van der Waals surface area contributed by atoms with Crippen molar-refractivity contribution in [3.8, 4) is 0 Å². The Morgan fingerprint density at radius 1 is 1.08 bits per heavy atom. The molecule has 0 radical (unpaired) electrons. The highest BCUT2D eigenvalue weighted by molar-refractivity contribution is 7.90. The predicted molar refractivity (Wildman–Crippen MR) is 96.2 cm³/mol. The summed E-state index contributed by atoms with van der Waals surface area (Å²) in [4.78, 5) is 12.5. The van der Waals surface area contributed by atoms with Crippen LogP contribution in [-0.4, -0.2) is 20.6 Å². The van der Waals surface area contributed by atoms with Gasteiger partial charge < -0.3 is 4.74 Å². The molecule has 2 atom stereocenters. The Morgan fingerprint density at radius 3 is 2.28 bits per heavy atom. The maximum atomic E-state index is 12.3. The average Bonchev–Trinajstić information content (AvgIpc) is 2.86. The Kier molecular flexibility index (Phi) is 4.71. The molecule has 1 heterocycles. The van der Waals surface area contributed by atoms with Gasteiger partial charge in [-0.3, -0.25) is 4.79 Å². The van der Waals surface area contributed by atoms with Crippen LogP contribution in [0.25, 0.3) is 0 Å². The van der Waals surface area contributed by atoms with Gasteiger partial charge in [-0.15, -0.1) is 0 Å². The minimum absolute atomic E-state index is 0.238. The molecule has 1 aliphatic rings. The van der Waals surface area contributed by atoms with Crippen molar-refractivity contribution in [2.45, 2.75) is 17.7 Å². The van der Waals surface area contributed by atoms with E-state index in [0.29, 0.717) is 10.8 Å². The van der Waals surface area contributed by atoms with Gasteiger partial charge in [0.1, 0.15) is 5.76 Å². The first kappa shape index (κ1) is 17.7. The molecule has 2 aromatic carbocycles. The Morgan fingerprint density at radius 2 is 1.76 bits per heavy atom. The van der Waals surface area contributed by atoms with Crippen molar-refractivity contribution in [1.82, 2.24) is 0 Å². The van der Waals surface area contributed by atoms with Crippen LogP contribution < -0.4 is 0 Å². The Bertz CT molecular complexity index is 946.